The lowest BCUT2D eigenvalue weighted by atomic mass is 9.99. The van der Waals surface area contributed by atoms with Gasteiger partial charge in [0.05, 0.1) is 22.5 Å². The second-order valence-corrected chi connectivity index (χ2v) is 6.73. The van der Waals surface area contributed by atoms with Crippen molar-refractivity contribution in [3.8, 4) is 0 Å². The predicted octanol–water partition coefficient (Wildman–Crippen LogP) is 3.86. The third kappa shape index (κ3) is 3.87. The number of nitrogens with two attached hydrogens (primary N) is 1. The highest BCUT2D eigenvalue weighted by molar-refractivity contribution is 6.16. The van der Waals surface area contributed by atoms with Gasteiger partial charge >= 0.3 is 0 Å². The van der Waals surface area contributed by atoms with Crippen LogP contribution in [0.15, 0.2) is 28.8 Å². The maximum atomic E-state index is 14.7. The van der Waals surface area contributed by atoms with Crippen LogP contribution >= 0.6 is 0 Å². The van der Waals surface area contributed by atoms with Gasteiger partial charge in [-0.15, -0.1) is 0 Å². The molecule has 0 bridgehead atoms. The number of aromatic nitrogens is 1. The van der Waals surface area contributed by atoms with Crippen LogP contribution in [0, 0.1) is 36.3 Å². The van der Waals surface area contributed by atoms with Gasteiger partial charge in [0.2, 0.25) is 0 Å². The summed E-state index contributed by atoms with van der Waals surface area (Å²) in [4.78, 5) is 12.6. The van der Waals surface area contributed by atoms with Gasteiger partial charge in [-0.1, -0.05) is 5.16 Å². The van der Waals surface area contributed by atoms with Crippen LogP contribution in [0.1, 0.15) is 38.5 Å². The lowest BCUT2D eigenvalue weighted by Gasteiger charge is -2.14. The summed E-state index contributed by atoms with van der Waals surface area (Å²) < 4.78 is 34.2. The van der Waals surface area contributed by atoms with Crippen molar-refractivity contribution < 1.29 is 18.1 Å². The maximum Gasteiger partial charge on any atom is 0.261 e. The Kier molecular flexibility index (Phi) is 5.82. The average molecular weight is 426 g/mol. The van der Waals surface area contributed by atoms with Crippen molar-refractivity contribution in [1.82, 2.24) is 5.16 Å². The van der Waals surface area contributed by atoms with E-state index in [9.17, 15) is 13.6 Å². The molecule has 6 N–H and O–H groups in total. The third-order valence-electron chi connectivity index (χ3n) is 4.76. The molecule has 8 nitrogen and oxygen atoms in total. The number of nitrogens with zero attached hydrogens (tertiary/aromatic N) is 1. The molecule has 1 heterocycles. The van der Waals surface area contributed by atoms with Crippen molar-refractivity contribution in [2.75, 3.05) is 23.4 Å². The van der Waals surface area contributed by atoms with E-state index >= 15 is 0 Å². The van der Waals surface area contributed by atoms with Gasteiger partial charge < -0.3 is 26.3 Å². The number of carbonyl (C=O) groups is 1. The summed E-state index contributed by atoms with van der Waals surface area (Å²) in [6.45, 7) is 3.34. The van der Waals surface area contributed by atoms with Gasteiger partial charge in [0.15, 0.2) is 0 Å². The van der Waals surface area contributed by atoms with E-state index < -0.39 is 23.1 Å². The highest BCUT2D eigenvalue weighted by atomic mass is 19.1. The molecule has 31 heavy (non-hydrogen) atoms. The van der Waals surface area contributed by atoms with E-state index in [-0.39, 0.29) is 28.3 Å². The molecule has 0 aliphatic heterocycles. The lowest BCUT2D eigenvalue weighted by Crippen LogP contribution is -2.18. The molecule has 10 heteroatoms. The van der Waals surface area contributed by atoms with Gasteiger partial charge in [-0.2, -0.15) is 0 Å². The zero-order chi connectivity index (χ0) is 22.9. The van der Waals surface area contributed by atoms with Gasteiger partial charge in [-0.25, -0.2) is 8.78 Å². The van der Waals surface area contributed by atoms with E-state index in [2.05, 4.69) is 15.8 Å². The Morgan fingerprint density at radius 3 is 2.52 bits per heavy atom. The van der Waals surface area contributed by atoms with E-state index in [4.69, 9.17) is 21.1 Å². The molecule has 0 saturated carbocycles. The van der Waals surface area contributed by atoms with Crippen LogP contribution in [0.3, 0.4) is 0 Å². The Morgan fingerprint density at radius 2 is 1.94 bits per heavy atom. The van der Waals surface area contributed by atoms with E-state index in [1.807, 2.05) is 0 Å². The van der Waals surface area contributed by atoms with Crippen LogP contribution in [-0.2, 0) is 0 Å². The SMILES string of the molecule is CNc1cc(F)c(C(=O)Nc2ccc(N)c(C(=N)c3c(C)noc3C)c2)c(F)c1C=N. The smallest absolute Gasteiger partial charge is 0.261 e. The van der Waals surface area contributed by atoms with Crippen LogP contribution in [0.2, 0.25) is 0 Å². The Bertz CT molecular complexity index is 1200. The van der Waals surface area contributed by atoms with Crippen molar-refractivity contribution in [3.05, 3.63) is 69.6 Å². The highest BCUT2D eigenvalue weighted by Gasteiger charge is 2.24. The zero-order valence-electron chi connectivity index (χ0n) is 17.0. The quantitative estimate of drug-likeness (QED) is 0.301. The minimum Gasteiger partial charge on any atom is -0.398 e. The number of amides is 1. The molecular weight excluding hydrogens is 406 g/mol. The van der Waals surface area contributed by atoms with Gasteiger partial charge in [0.25, 0.3) is 5.91 Å². The molecule has 160 valence electrons. The molecule has 0 unspecified atom stereocenters. The second kappa shape index (κ2) is 8.34. The summed E-state index contributed by atoms with van der Waals surface area (Å²) >= 11 is 0. The number of halogens is 2. The Labute approximate surface area is 176 Å². The first-order chi connectivity index (χ1) is 14.7. The summed E-state index contributed by atoms with van der Waals surface area (Å²) in [5.41, 5.74) is 6.72. The minimum atomic E-state index is -1.16. The molecule has 0 atom stereocenters. The fraction of sp³-hybridized carbons (Fsp3) is 0.143. The Balaban J connectivity index is 1.98. The molecule has 2 aromatic carbocycles. The second-order valence-electron chi connectivity index (χ2n) is 6.73. The molecule has 0 radical (unpaired) electrons. The van der Waals surface area contributed by atoms with Gasteiger partial charge in [0.1, 0.15) is 23.0 Å². The molecule has 0 spiro atoms. The fourth-order valence-corrected chi connectivity index (χ4v) is 3.21. The summed E-state index contributed by atoms with van der Waals surface area (Å²) in [6.07, 6.45) is 0.698. The Morgan fingerprint density at radius 1 is 1.23 bits per heavy atom. The summed E-state index contributed by atoms with van der Waals surface area (Å²) in [7, 11) is 1.45. The first kappa shape index (κ1) is 21.6. The first-order valence-electron chi connectivity index (χ1n) is 9.12. The van der Waals surface area contributed by atoms with E-state index in [0.717, 1.165) is 6.07 Å². The Hall–Kier alpha value is -4.08. The molecule has 1 aromatic heterocycles. The minimum absolute atomic E-state index is 0.0340. The third-order valence-corrected chi connectivity index (χ3v) is 4.76. The van der Waals surface area contributed by atoms with Gasteiger partial charge in [-0.3, -0.25) is 10.2 Å². The van der Waals surface area contributed by atoms with Gasteiger partial charge in [-0.05, 0) is 38.1 Å². The molecule has 1 amide bonds. The van der Waals surface area contributed by atoms with Crippen molar-refractivity contribution in [2.24, 2.45) is 0 Å². The molecule has 3 aromatic rings. The number of anilines is 3. The standard InChI is InChI=1S/C21H20F2N6O2/c1-9-17(10(2)31-29-9)20(26)12-6-11(4-5-15(12)25)28-21(30)18-14(22)7-16(27-3)13(8-24)19(18)23/h4-8,24,26-27H,25H2,1-3H3,(H,28,30). The van der Waals surface area contributed by atoms with Crippen molar-refractivity contribution in [3.63, 3.8) is 0 Å². The van der Waals surface area contributed by atoms with Crippen LogP contribution < -0.4 is 16.4 Å². The molecule has 0 aliphatic carbocycles. The predicted molar refractivity (Wildman–Crippen MR) is 115 cm³/mol. The molecule has 0 saturated heterocycles. The fourth-order valence-electron chi connectivity index (χ4n) is 3.21. The van der Waals surface area contributed by atoms with Crippen LogP contribution in [0.25, 0.3) is 0 Å². The number of aryl methyl sites for hydroxylation is 2. The monoisotopic (exact) mass is 426 g/mol. The largest absolute Gasteiger partial charge is 0.398 e. The van der Waals surface area contributed by atoms with Crippen molar-refractivity contribution in [1.29, 1.82) is 10.8 Å². The number of nitrogens with one attached hydrogen (secondary N) is 4. The van der Waals surface area contributed by atoms with E-state index in [1.54, 1.807) is 13.8 Å². The average Bonchev–Trinajstić information content (AvgIpc) is 3.06. The number of carbonyl (C=O) groups excluding carboxylic acids is 1. The number of benzene rings is 2. The lowest BCUT2D eigenvalue weighted by molar-refractivity contribution is 0.101. The summed E-state index contributed by atoms with van der Waals surface area (Å²) in [5.74, 6) is -2.84. The molecule has 0 aliphatic rings. The van der Waals surface area contributed by atoms with Crippen LogP contribution in [-0.4, -0.2) is 30.0 Å². The summed E-state index contributed by atoms with van der Waals surface area (Å²) in [5, 5.41) is 24.6. The maximum absolute atomic E-state index is 14.7. The number of nitrogen functional groups attached to an aromatic ring is 1. The highest BCUT2D eigenvalue weighted by Crippen LogP contribution is 2.27. The topological polar surface area (TPSA) is 141 Å². The van der Waals surface area contributed by atoms with Crippen molar-refractivity contribution in [2.45, 2.75) is 13.8 Å². The van der Waals surface area contributed by atoms with E-state index in [0.29, 0.717) is 28.8 Å². The van der Waals surface area contributed by atoms with Crippen molar-refractivity contribution >= 4 is 34.9 Å². The number of hydrogen-bond donors (Lipinski definition) is 5. The van der Waals surface area contributed by atoms with Crippen LogP contribution in [0.4, 0.5) is 25.8 Å². The molecule has 3 rings (SSSR count). The zero-order valence-corrected chi connectivity index (χ0v) is 17.0. The van der Waals surface area contributed by atoms with Gasteiger partial charge in [0, 0.05) is 35.9 Å². The summed E-state index contributed by atoms with van der Waals surface area (Å²) in [6, 6.07) is 5.29. The van der Waals surface area contributed by atoms with Crippen LogP contribution in [0.5, 0.6) is 0 Å². The number of hydrogen-bond acceptors (Lipinski definition) is 7. The first-order valence-corrected chi connectivity index (χ1v) is 9.12. The normalized spacial score (nSPS) is 10.6. The molecular formula is C21H20F2N6O2. The van der Waals surface area contributed by atoms with E-state index in [1.165, 1.54) is 25.2 Å². The number of rotatable bonds is 6. The molecule has 0 fully saturated rings.